The molecule has 0 aliphatic heterocycles. The number of hydrogen-bond acceptors (Lipinski definition) is 4. The topological polar surface area (TPSA) is 77.2 Å². The Morgan fingerprint density at radius 2 is 2.22 bits per heavy atom. The van der Waals surface area contributed by atoms with Crippen LogP contribution in [0.3, 0.4) is 0 Å². The third-order valence-corrected chi connectivity index (χ3v) is 2.73. The Labute approximate surface area is 104 Å². The van der Waals surface area contributed by atoms with Crippen LogP contribution in [0.25, 0.3) is 11.2 Å². The minimum atomic E-state index is -1.05. The van der Waals surface area contributed by atoms with Crippen LogP contribution >= 0.6 is 0 Å². The van der Waals surface area contributed by atoms with Gasteiger partial charge in [-0.1, -0.05) is 0 Å². The van der Waals surface area contributed by atoms with E-state index in [-0.39, 0.29) is 5.56 Å². The first-order valence-corrected chi connectivity index (χ1v) is 5.81. The van der Waals surface area contributed by atoms with Crippen molar-refractivity contribution < 1.29 is 14.6 Å². The smallest absolute Gasteiger partial charge is 0.341 e. The highest BCUT2D eigenvalue weighted by Crippen LogP contribution is 2.29. The van der Waals surface area contributed by atoms with E-state index in [9.17, 15) is 9.90 Å². The third kappa shape index (κ3) is 1.79. The summed E-state index contributed by atoms with van der Waals surface area (Å²) in [5, 5.41) is 9.24. The second kappa shape index (κ2) is 4.64. The lowest BCUT2D eigenvalue weighted by Gasteiger charge is -2.10. The van der Waals surface area contributed by atoms with Crippen LogP contribution in [0.4, 0.5) is 0 Å². The number of carboxylic acid groups (broad SMARTS) is 1. The van der Waals surface area contributed by atoms with Crippen molar-refractivity contribution in [2.24, 2.45) is 0 Å². The summed E-state index contributed by atoms with van der Waals surface area (Å²) in [5.41, 5.74) is 1.68. The minimum Gasteiger partial charge on any atom is -0.490 e. The zero-order valence-electron chi connectivity index (χ0n) is 10.6. The summed E-state index contributed by atoms with van der Waals surface area (Å²) in [6.45, 7) is 6.56. The van der Waals surface area contributed by atoms with Crippen molar-refractivity contribution in [2.75, 3.05) is 6.61 Å². The largest absolute Gasteiger partial charge is 0.490 e. The van der Waals surface area contributed by atoms with Gasteiger partial charge in [-0.15, -0.1) is 0 Å². The van der Waals surface area contributed by atoms with Crippen molar-refractivity contribution in [1.29, 1.82) is 0 Å². The predicted octanol–water partition coefficient (Wildman–Crippen LogP) is 1.86. The fourth-order valence-electron chi connectivity index (χ4n) is 1.92. The molecule has 0 amide bonds. The Morgan fingerprint density at radius 1 is 1.50 bits per heavy atom. The van der Waals surface area contributed by atoms with Gasteiger partial charge in [0.2, 0.25) is 0 Å². The monoisotopic (exact) mass is 249 g/mol. The maximum Gasteiger partial charge on any atom is 0.341 e. The Hall–Kier alpha value is -2.11. The fraction of sp³-hybridized carbons (Fsp3) is 0.417. The average Bonchev–Trinajstić information content (AvgIpc) is 2.71. The number of aromatic carboxylic acids is 1. The van der Waals surface area contributed by atoms with Crippen LogP contribution in [-0.4, -0.2) is 32.2 Å². The normalized spacial score (nSPS) is 10.8. The molecule has 6 nitrogen and oxygen atoms in total. The fourth-order valence-corrected chi connectivity index (χ4v) is 1.92. The van der Waals surface area contributed by atoms with Gasteiger partial charge >= 0.3 is 5.97 Å². The molecule has 18 heavy (non-hydrogen) atoms. The van der Waals surface area contributed by atoms with Gasteiger partial charge in [-0.3, -0.25) is 0 Å². The molecule has 1 N–H and O–H groups in total. The van der Waals surface area contributed by atoms with Crippen molar-refractivity contribution in [2.45, 2.75) is 27.3 Å². The zero-order chi connectivity index (χ0) is 13.3. The number of carboxylic acids is 1. The molecule has 0 unspecified atom stereocenters. The van der Waals surface area contributed by atoms with Gasteiger partial charge in [-0.2, -0.15) is 0 Å². The van der Waals surface area contributed by atoms with E-state index in [2.05, 4.69) is 9.97 Å². The highest BCUT2D eigenvalue weighted by molar-refractivity contribution is 5.98. The number of aromatic nitrogens is 3. The molecule has 0 fully saturated rings. The molecule has 0 bridgehead atoms. The van der Waals surface area contributed by atoms with E-state index in [0.29, 0.717) is 29.2 Å². The molecule has 0 atom stereocenters. The van der Waals surface area contributed by atoms with Gasteiger partial charge in [0.25, 0.3) is 0 Å². The van der Waals surface area contributed by atoms with E-state index in [0.717, 1.165) is 6.54 Å². The van der Waals surface area contributed by atoms with Gasteiger partial charge in [0.15, 0.2) is 16.9 Å². The Kier molecular flexibility index (Phi) is 3.18. The van der Waals surface area contributed by atoms with Crippen LogP contribution < -0.4 is 4.74 Å². The van der Waals surface area contributed by atoms with E-state index >= 15 is 0 Å². The maximum absolute atomic E-state index is 11.3. The molecule has 0 aliphatic carbocycles. The molecule has 0 saturated carbocycles. The molecule has 96 valence electrons. The van der Waals surface area contributed by atoms with E-state index in [1.165, 1.54) is 0 Å². The molecule has 0 aliphatic rings. The number of ether oxygens (including phenoxy) is 1. The SMILES string of the molecule is CCOc1c(C(=O)O)c(C)nc2c1ncn2CC. The highest BCUT2D eigenvalue weighted by Gasteiger charge is 2.22. The van der Waals surface area contributed by atoms with Crippen LogP contribution in [0.15, 0.2) is 6.33 Å². The van der Waals surface area contributed by atoms with Crippen molar-refractivity contribution in [3.8, 4) is 5.75 Å². The summed E-state index contributed by atoms with van der Waals surface area (Å²) in [6.07, 6.45) is 1.64. The first-order valence-electron chi connectivity index (χ1n) is 5.81. The van der Waals surface area contributed by atoms with Crippen LogP contribution in [0.2, 0.25) is 0 Å². The first-order chi connectivity index (χ1) is 8.60. The molecule has 0 spiro atoms. The van der Waals surface area contributed by atoms with Crippen LogP contribution in [0, 0.1) is 6.92 Å². The van der Waals surface area contributed by atoms with Crippen molar-refractivity contribution in [3.63, 3.8) is 0 Å². The van der Waals surface area contributed by atoms with Crippen molar-refractivity contribution in [1.82, 2.24) is 14.5 Å². The Balaban J connectivity index is 2.81. The molecule has 0 saturated heterocycles. The summed E-state index contributed by atoms with van der Waals surface area (Å²) < 4.78 is 7.31. The molecule has 6 heteroatoms. The van der Waals surface area contributed by atoms with Crippen LogP contribution in [0.5, 0.6) is 5.75 Å². The van der Waals surface area contributed by atoms with E-state index in [1.807, 2.05) is 18.4 Å². The molecular weight excluding hydrogens is 234 g/mol. The predicted molar refractivity (Wildman–Crippen MR) is 66.1 cm³/mol. The number of rotatable bonds is 4. The summed E-state index contributed by atoms with van der Waals surface area (Å²) in [7, 11) is 0. The van der Waals surface area contributed by atoms with E-state index in [4.69, 9.17) is 4.74 Å². The van der Waals surface area contributed by atoms with Gasteiger partial charge in [0.05, 0.1) is 18.6 Å². The number of fused-ring (bicyclic) bond motifs is 1. The molecule has 0 radical (unpaired) electrons. The number of hydrogen-bond donors (Lipinski definition) is 1. The lowest BCUT2D eigenvalue weighted by molar-refractivity contribution is 0.0691. The number of imidazole rings is 1. The van der Waals surface area contributed by atoms with Gasteiger partial charge in [0.1, 0.15) is 5.56 Å². The Morgan fingerprint density at radius 3 is 2.78 bits per heavy atom. The molecular formula is C12H15N3O3. The third-order valence-electron chi connectivity index (χ3n) is 2.73. The van der Waals surface area contributed by atoms with Crippen LogP contribution in [0.1, 0.15) is 29.9 Å². The van der Waals surface area contributed by atoms with Crippen molar-refractivity contribution >= 4 is 17.1 Å². The molecule has 2 aromatic heterocycles. The zero-order valence-corrected chi connectivity index (χ0v) is 10.6. The van der Waals surface area contributed by atoms with E-state index < -0.39 is 5.97 Å². The molecule has 2 rings (SSSR count). The second-order valence-electron chi connectivity index (χ2n) is 3.84. The van der Waals surface area contributed by atoms with Crippen molar-refractivity contribution in [3.05, 3.63) is 17.6 Å². The molecule has 0 aromatic carbocycles. The van der Waals surface area contributed by atoms with Gasteiger partial charge in [0, 0.05) is 6.54 Å². The summed E-state index contributed by atoms with van der Waals surface area (Å²) in [6, 6.07) is 0. The highest BCUT2D eigenvalue weighted by atomic mass is 16.5. The Bertz CT molecular complexity index is 604. The average molecular weight is 249 g/mol. The standard InChI is InChI=1S/C12H15N3O3/c1-4-15-6-13-9-10(18-5-2)8(12(16)17)7(3)14-11(9)15/h6H,4-5H2,1-3H3,(H,16,17). The lowest BCUT2D eigenvalue weighted by Crippen LogP contribution is -2.08. The van der Waals surface area contributed by atoms with Gasteiger partial charge < -0.3 is 14.4 Å². The summed E-state index contributed by atoms with van der Waals surface area (Å²) >= 11 is 0. The number of nitrogens with zero attached hydrogens (tertiary/aromatic N) is 3. The minimum absolute atomic E-state index is 0.0886. The second-order valence-corrected chi connectivity index (χ2v) is 3.84. The molecule has 2 heterocycles. The summed E-state index contributed by atoms with van der Waals surface area (Å²) in [4.78, 5) is 19.8. The maximum atomic E-state index is 11.3. The quantitative estimate of drug-likeness (QED) is 0.894. The van der Waals surface area contributed by atoms with E-state index in [1.54, 1.807) is 13.3 Å². The number of carbonyl (C=O) groups is 1. The van der Waals surface area contributed by atoms with Gasteiger partial charge in [-0.05, 0) is 20.8 Å². The van der Waals surface area contributed by atoms with Gasteiger partial charge in [-0.25, -0.2) is 14.8 Å². The first kappa shape index (κ1) is 12.3. The lowest BCUT2D eigenvalue weighted by atomic mass is 10.1. The molecule has 2 aromatic rings. The number of aryl methyl sites for hydroxylation is 2. The van der Waals surface area contributed by atoms with Crippen LogP contribution in [-0.2, 0) is 6.54 Å². The number of pyridine rings is 1. The summed E-state index contributed by atoms with van der Waals surface area (Å²) in [5.74, 6) is -0.740.